The molecule has 1 heterocycles. The Labute approximate surface area is 92.1 Å². The quantitative estimate of drug-likeness (QED) is 0.782. The minimum Gasteiger partial charge on any atom is -0.369 e. The average Bonchev–Trinajstić information content (AvgIpc) is 2.50. The van der Waals surface area contributed by atoms with Crippen LogP contribution in [0.15, 0.2) is 24.3 Å². The monoisotopic (exact) mass is 221 g/mol. The minimum absolute atomic E-state index is 0.253. The van der Waals surface area contributed by atoms with Crippen LogP contribution in [0, 0.1) is 6.92 Å². The van der Waals surface area contributed by atoms with Gasteiger partial charge in [-0.2, -0.15) is 4.57 Å². The van der Waals surface area contributed by atoms with Crippen LogP contribution in [0.25, 0.3) is 10.2 Å². The van der Waals surface area contributed by atoms with E-state index in [1.165, 1.54) is 15.2 Å². The number of fused-ring (bicyclic) bond motifs is 1. The third kappa shape index (κ3) is 1.99. The molecule has 0 aliphatic carbocycles. The second-order valence-corrected chi connectivity index (χ2v) is 4.69. The van der Waals surface area contributed by atoms with Crippen molar-refractivity contribution in [2.24, 2.45) is 5.73 Å². The molecule has 1 amide bonds. The zero-order chi connectivity index (χ0) is 10.8. The van der Waals surface area contributed by atoms with E-state index >= 15 is 0 Å². The summed E-state index contributed by atoms with van der Waals surface area (Å²) < 4.78 is 3.39. The normalized spacial score (nSPS) is 10.7. The molecule has 0 spiro atoms. The highest BCUT2D eigenvalue weighted by Gasteiger charge is 2.16. The Balaban J connectivity index is 2.40. The van der Waals surface area contributed by atoms with Crippen molar-refractivity contribution in [3.05, 3.63) is 29.3 Å². The molecule has 0 aliphatic rings. The molecule has 2 N–H and O–H groups in total. The number of benzene rings is 1. The second kappa shape index (κ2) is 3.98. The van der Waals surface area contributed by atoms with Crippen molar-refractivity contribution in [2.45, 2.75) is 19.9 Å². The highest BCUT2D eigenvalue weighted by Crippen LogP contribution is 2.19. The van der Waals surface area contributed by atoms with Crippen molar-refractivity contribution >= 4 is 27.5 Å². The Kier molecular flexibility index (Phi) is 2.68. The van der Waals surface area contributed by atoms with Crippen LogP contribution in [0.3, 0.4) is 0 Å². The van der Waals surface area contributed by atoms with Gasteiger partial charge in [-0.05, 0) is 6.07 Å². The van der Waals surface area contributed by atoms with E-state index in [0.29, 0.717) is 13.0 Å². The van der Waals surface area contributed by atoms with Gasteiger partial charge in [-0.3, -0.25) is 4.79 Å². The van der Waals surface area contributed by atoms with Crippen LogP contribution in [-0.4, -0.2) is 5.91 Å². The van der Waals surface area contributed by atoms with E-state index in [1.54, 1.807) is 11.3 Å². The van der Waals surface area contributed by atoms with Gasteiger partial charge in [0.1, 0.15) is 4.70 Å². The Morgan fingerprint density at radius 3 is 2.93 bits per heavy atom. The number of aryl methyl sites for hydroxylation is 2. The van der Waals surface area contributed by atoms with Gasteiger partial charge in [0.05, 0.1) is 6.42 Å². The minimum atomic E-state index is -0.253. The van der Waals surface area contributed by atoms with Gasteiger partial charge >= 0.3 is 0 Å². The van der Waals surface area contributed by atoms with Gasteiger partial charge in [-0.15, -0.1) is 0 Å². The summed E-state index contributed by atoms with van der Waals surface area (Å²) >= 11 is 1.74. The summed E-state index contributed by atoms with van der Waals surface area (Å²) in [4.78, 5) is 10.8. The zero-order valence-electron chi connectivity index (χ0n) is 8.56. The van der Waals surface area contributed by atoms with Crippen molar-refractivity contribution in [3.8, 4) is 0 Å². The summed E-state index contributed by atoms with van der Waals surface area (Å²) in [6, 6.07) is 8.19. The number of para-hydroxylation sites is 1. The number of thiazole rings is 1. The van der Waals surface area contributed by atoms with E-state index in [0.717, 1.165) is 0 Å². The summed E-state index contributed by atoms with van der Waals surface area (Å²) in [5.41, 5.74) is 6.34. The van der Waals surface area contributed by atoms with Gasteiger partial charge in [0.15, 0.2) is 6.54 Å². The molecule has 0 saturated carbocycles. The molecule has 2 rings (SSSR count). The molecule has 0 unspecified atom stereocenters. The lowest BCUT2D eigenvalue weighted by Crippen LogP contribution is -2.37. The zero-order valence-corrected chi connectivity index (χ0v) is 9.38. The number of aromatic nitrogens is 1. The number of nitrogens with zero attached hydrogens (tertiary/aromatic N) is 1. The third-order valence-electron chi connectivity index (χ3n) is 2.38. The molecule has 2 aromatic rings. The van der Waals surface area contributed by atoms with Crippen molar-refractivity contribution in [2.75, 3.05) is 0 Å². The lowest BCUT2D eigenvalue weighted by atomic mass is 10.3. The standard InChI is InChI=1S/C11H12N2OS/c1-8-13(7-6-11(12)14)9-4-2-3-5-10(9)15-8/h2-5H,6-7H2,1H3,(H-,12,14)/p+1. The fourth-order valence-electron chi connectivity index (χ4n) is 1.65. The second-order valence-electron chi connectivity index (χ2n) is 3.46. The fourth-order valence-corrected chi connectivity index (χ4v) is 2.70. The molecular weight excluding hydrogens is 208 g/mol. The van der Waals surface area contributed by atoms with E-state index in [4.69, 9.17) is 5.73 Å². The molecule has 0 atom stereocenters. The van der Waals surface area contributed by atoms with Crippen LogP contribution >= 0.6 is 11.3 Å². The smallest absolute Gasteiger partial charge is 0.235 e. The molecule has 1 aromatic carbocycles. The van der Waals surface area contributed by atoms with Gasteiger partial charge in [-0.1, -0.05) is 23.5 Å². The molecule has 4 heteroatoms. The summed E-state index contributed by atoms with van der Waals surface area (Å²) in [7, 11) is 0. The molecule has 0 saturated heterocycles. The molecule has 0 fully saturated rings. The number of hydrogen-bond donors (Lipinski definition) is 1. The lowest BCUT2D eigenvalue weighted by Gasteiger charge is -1.93. The van der Waals surface area contributed by atoms with Gasteiger partial charge < -0.3 is 5.73 Å². The van der Waals surface area contributed by atoms with Crippen molar-refractivity contribution in [1.82, 2.24) is 0 Å². The van der Waals surface area contributed by atoms with E-state index in [1.807, 2.05) is 12.1 Å². The molecule has 15 heavy (non-hydrogen) atoms. The van der Waals surface area contributed by atoms with E-state index < -0.39 is 0 Å². The number of primary amides is 1. The summed E-state index contributed by atoms with van der Waals surface area (Å²) in [5, 5.41) is 1.21. The van der Waals surface area contributed by atoms with Gasteiger partial charge in [-0.25, -0.2) is 0 Å². The first-order valence-corrected chi connectivity index (χ1v) is 5.66. The van der Waals surface area contributed by atoms with Crippen LogP contribution in [0.5, 0.6) is 0 Å². The van der Waals surface area contributed by atoms with Crippen molar-refractivity contribution < 1.29 is 9.36 Å². The molecule has 3 nitrogen and oxygen atoms in total. The van der Waals surface area contributed by atoms with Crippen molar-refractivity contribution in [1.29, 1.82) is 0 Å². The number of nitrogens with two attached hydrogens (primary N) is 1. The molecule has 1 aromatic heterocycles. The highest BCUT2D eigenvalue weighted by molar-refractivity contribution is 7.18. The largest absolute Gasteiger partial charge is 0.369 e. The van der Waals surface area contributed by atoms with Crippen LogP contribution in [-0.2, 0) is 11.3 Å². The maximum absolute atomic E-state index is 10.8. The molecule has 78 valence electrons. The first kappa shape index (κ1) is 10.1. The Bertz CT molecular complexity index is 504. The summed E-state index contributed by atoms with van der Waals surface area (Å²) in [6.45, 7) is 2.73. The SMILES string of the molecule is Cc1sc2ccccc2[n+]1CCC(N)=O. The summed E-state index contributed by atoms with van der Waals surface area (Å²) in [5.74, 6) is -0.253. The van der Waals surface area contributed by atoms with E-state index in [2.05, 4.69) is 23.6 Å². The maximum Gasteiger partial charge on any atom is 0.235 e. The van der Waals surface area contributed by atoms with Gasteiger partial charge in [0.25, 0.3) is 0 Å². The van der Waals surface area contributed by atoms with E-state index in [-0.39, 0.29) is 5.91 Å². The third-order valence-corrected chi connectivity index (χ3v) is 3.46. The molecule has 0 bridgehead atoms. The average molecular weight is 221 g/mol. The van der Waals surface area contributed by atoms with Crippen LogP contribution < -0.4 is 10.3 Å². The summed E-state index contributed by atoms with van der Waals surface area (Å²) in [6.07, 6.45) is 0.395. The predicted octanol–water partition coefficient (Wildman–Crippen LogP) is 1.37. The number of amides is 1. The molecule has 0 aliphatic heterocycles. The Hall–Kier alpha value is -1.42. The Morgan fingerprint density at radius 1 is 1.47 bits per heavy atom. The Morgan fingerprint density at radius 2 is 2.20 bits per heavy atom. The fraction of sp³-hybridized carbons (Fsp3) is 0.273. The van der Waals surface area contributed by atoms with Crippen molar-refractivity contribution in [3.63, 3.8) is 0 Å². The van der Waals surface area contributed by atoms with Gasteiger partial charge in [0, 0.05) is 13.0 Å². The predicted molar refractivity (Wildman–Crippen MR) is 60.6 cm³/mol. The van der Waals surface area contributed by atoms with E-state index in [9.17, 15) is 4.79 Å². The molecule has 0 radical (unpaired) electrons. The topological polar surface area (TPSA) is 47.0 Å². The lowest BCUT2D eigenvalue weighted by molar-refractivity contribution is -0.671. The van der Waals surface area contributed by atoms with Crippen LogP contribution in [0.4, 0.5) is 0 Å². The number of carbonyl (C=O) groups excluding carboxylic acids is 1. The highest BCUT2D eigenvalue weighted by atomic mass is 32.1. The first-order valence-electron chi connectivity index (χ1n) is 4.85. The number of carbonyl (C=O) groups is 1. The number of hydrogen-bond acceptors (Lipinski definition) is 2. The van der Waals surface area contributed by atoms with Crippen LogP contribution in [0.2, 0.25) is 0 Å². The molecular formula is C11H13N2OS+. The first-order chi connectivity index (χ1) is 7.18. The maximum atomic E-state index is 10.8. The van der Waals surface area contributed by atoms with Crippen LogP contribution in [0.1, 0.15) is 11.4 Å². The van der Waals surface area contributed by atoms with Gasteiger partial charge in [0.2, 0.25) is 16.4 Å². The number of rotatable bonds is 3.